The number of carbonyl (C=O) groups is 1. The molecule has 0 atom stereocenters. The third-order valence-electron chi connectivity index (χ3n) is 2.33. The van der Waals surface area contributed by atoms with Crippen LogP contribution in [0.3, 0.4) is 0 Å². The van der Waals surface area contributed by atoms with E-state index in [4.69, 9.17) is 10.2 Å². The Morgan fingerprint density at radius 3 is 1.55 bits per heavy atom. The lowest BCUT2D eigenvalue weighted by Gasteiger charge is -2.39. The van der Waals surface area contributed by atoms with Gasteiger partial charge in [-0.15, -0.1) is 0 Å². The molecule has 12 heteroatoms. The van der Waals surface area contributed by atoms with Crippen molar-refractivity contribution in [1.82, 2.24) is 0 Å². The van der Waals surface area contributed by atoms with E-state index in [0.717, 1.165) is 6.92 Å². The number of halogens is 8. The van der Waals surface area contributed by atoms with Gasteiger partial charge in [-0.25, -0.2) is 4.79 Å². The van der Waals surface area contributed by atoms with Crippen molar-refractivity contribution in [3.05, 3.63) is 12.2 Å². The molecule has 0 rings (SSSR count). The second-order valence-electron chi connectivity index (χ2n) is 4.39. The second-order valence-corrected chi connectivity index (χ2v) is 4.39. The zero-order valence-electron chi connectivity index (χ0n) is 10.9. The van der Waals surface area contributed by atoms with Crippen LogP contribution in [-0.4, -0.2) is 45.8 Å². The molecular weight excluding hydrogens is 336 g/mol. The van der Waals surface area contributed by atoms with Gasteiger partial charge in [-0.2, -0.15) is 35.1 Å². The fourth-order valence-corrected chi connectivity index (χ4v) is 0.958. The molecule has 0 heterocycles. The number of carbonyl (C=O) groups excluding carboxylic acids is 1. The van der Waals surface area contributed by atoms with Gasteiger partial charge in [0.15, 0.2) is 0 Å². The summed E-state index contributed by atoms with van der Waals surface area (Å²) >= 11 is 0. The molecule has 0 radical (unpaired) electrons. The van der Waals surface area contributed by atoms with Crippen molar-refractivity contribution in [3.63, 3.8) is 0 Å². The molecular formula is C10H10F8O4. The molecule has 0 aliphatic heterocycles. The maximum atomic E-state index is 13.3. The third-order valence-corrected chi connectivity index (χ3v) is 2.33. The van der Waals surface area contributed by atoms with Crippen LogP contribution < -0.4 is 0 Å². The van der Waals surface area contributed by atoms with Crippen molar-refractivity contribution in [2.45, 2.75) is 43.5 Å². The SMILES string of the molecule is C=C(C)C(=O)OC(O)(O)C(F)(F)C(F)(F)C(F)(F)C(C)(F)F. The van der Waals surface area contributed by atoms with Crippen LogP contribution in [0.1, 0.15) is 13.8 Å². The quantitative estimate of drug-likeness (QED) is 0.335. The fraction of sp³-hybridized carbons (Fsp3) is 0.700. The minimum atomic E-state index is -6.99. The minimum absolute atomic E-state index is 0.767. The monoisotopic (exact) mass is 346 g/mol. The van der Waals surface area contributed by atoms with Crippen LogP contribution in [0.4, 0.5) is 35.1 Å². The summed E-state index contributed by atoms with van der Waals surface area (Å²) in [5.41, 5.74) is -0.792. The lowest BCUT2D eigenvalue weighted by Crippen LogP contribution is -2.69. The molecule has 0 bridgehead atoms. The van der Waals surface area contributed by atoms with E-state index >= 15 is 0 Å². The van der Waals surface area contributed by atoms with Crippen LogP contribution in [0, 0.1) is 0 Å². The van der Waals surface area contributed by atoms with Crippen LogP contribution >= 0.6 is 0 Å². The van der Waals surface area contributed by atoms with Gasteiger partial charge in [0.1, 0.15) is 0 Å². The number of alkyl halides is 8. The van der Waals surface area contributed by atoms with Crippen molar-refractivity contribution in [2.75, 3.05) is 0 Å². The van der Waals surface area contributed by atoms with Gasteiger partial charge < -0.3 is 14.9 Å². The smallest absolute Gasteiger partial charge is 0.400 e. The number of hydrogen-bond acceptors (Lipinski definition) is 4. The highest BCUT2D eigenvalue weighted by atomic mass is 19.4. The van der Waals surface area contributed by atoms with Crippen LogP contribution in [0.25, 0.3) is 0 Å². The molecule has 130 valence electrons. The molecule has 0 fully saturated rings. The molecule has 0 aliphatic carbocycles. The van der Waals surface area contributed by atoms with Gasteiger partial charge in [0, 0.05) is 12.5 Å². The Labute approximate surface area is 118 Å². The van der Waals surface area contributed by atoms with Gasteiger partial charge in [-0.05, 0) is 6.92 Å². The molecule has 4 nitrogen and oxygen atoms in total. The maximum Gasteiger partial charge on any atom is 0.407 e. The summed E-state index contributed by atoms with van der Waals surface area (Å²) in [5, 5.41) is 17.4. The third kappa shape index (κ3) is 3.02. The zero-order chi connectivity index (χ0) is 18.4. The molecule has 0 aromatic carbocycles. The van der Waals surface area contributed by atoms with Crippen molar-refractivity contribution in [3.8, 4) is 0 Å². The first kappa shape index (κ1) is 20.6. The fourth-order valence-electron chi connectivity index (χ4n) is 0.958. The lowest BCUT2D eigenvalue weighted by molar-refractivity contribution is -0.474. The summed E-state index contributed by atoms with van der Waals surface area (Å²) in [6.07, 6.45) is 0. The summed E-state index contributed by atoms with van der Waals surface area (Å²) in [6.45, 7) is 2.76. The molecule has 0 spiro atoms. The zero-order valence-corrected chi connectivity index (χ0v) is 10.9. The molecule has 0 amide bonds. The van der Waals surface area contributed by atoms with Gasteiger partial charge in [-0.1, -0.05) is 6.58 Å². The minimum Gasteiger partial charge on any atom is -0.400 e. The number of hydrogen-bond donors (Lipinski definition) is 2. The molecule has 0 unspecified atom stereocenters. The van der Waals surface area contributed by atoms with Crippen LogP contribution in [0.15, 0.2) is 12.2 Å². The Morgan fingerprint density at radius 1 is 0.909 bits per heavy atom. The highest BCUT2D eigenvalue weighted by Gasteiger charge is 2.85. The van der Waals surface area contributed by atoms with Crippen molar-refractivity contribution in [2.24, 2.45) is 0 Å². The average molecular weight is 346 g/mol. The van der Waals surface area contributed by atoms with E-state index in [9.17, 15) is 39.9 Å². The Hall–Kier alpha value is -1.43. The Balaban J connectivity index is 5.89. The van der Waals surface area contributed by atoms with E-state index in [-0.39, 0.29) is 0 Å². The molecule has 0 aliphatic rings. The first-order valence-corrected chi connectivity index (χ1v) is 5.17. The van der Waals surface area contributed by atoms with Crippen LogP contribution in [0.2, 0.25) is 0 Å². The van der Waals surface area contributed by atoms with Gasteiger partial charge in [-0.3, -0.25) is 0 Å². The number of ether oxygens (including phenoxy) is 1. The first-order valence-electron chi connectivity index (χ1n) is 5.17. The molecule has 0 aromatic heterocycles. The van der Waals surface area contributed by atoms with Gasteiger partial charge >= 0.3 is 35.6 Å². The Morgan fingerprint density at radius 2 is 1.27 bits per heavy atom. The van der Waals surface area contributed by atoms with Gasteiger partial charge in [0.2, 0.25) is 0 Å². The van der Waals surface area contributed by atoms with E-state index in [2.05, 4.69) is 11.3 Å². The van der Waals surface area contributed by atoms with Crippen molar-refractivity contribution < 1.29 is 54.9 Å². The second kappa shape index (κ2) is 5.33. The average Bonchev–Trinajstić information content (AvgIpc) is 2.25. The summed E-state index contributed by atoms with van der Waals surface area (Å²) in [5.74, 6) is -33.6. The van der Waals surface area contributed by atoms with E-state index in [0.29, 0.717) is 0 Å². The largest absolute Gasteiger partial charge is 0.407 e. The highest BCUT2D eigenvalue weighted by Crippen LogP contribution is 2.55. The summed E-state index contributed by atoms with van der Waals surface area (Å²) in [7, 11) is 0. The Bertz CT molecular complexity index is 466. The predicted molar refractivity (Wildman–Crippen MR) is 53.5 cm³/mol. The van der Waals surface area contributed by atoms with Crippen LogP contribution in [-0.2, 0) is 9.53 Å². The Kier molecular flexibility index (Phi) is 4.99. The van der Waals surface area contributed by atoms with E-state index in [1.807, 2.05) is 0 Å². The first-order chi connectivity index (χ1) is 9.33. The van der Waals surface area contributed by atoms with Crippen LogP contribution in [0.5, 0.6) is 0 Å². The predicted octanol–water partition coefficient (Wildman–Crippen LogP) is 2.31. The molecule has 0 saturated carbocycles. The molecule has 0 aromatic rings. The van der Waals surface area contributed by atoms with Crippen molar-refractivity contribution in [1.29, 1.82) is 0 Å². The van der Waals surface area contributed by atoms with E-state index in [1.165, 1.54) is 0 Å². The lowest BCUT2D eigenvalue weighted by atomic mass is 9.98. The summed E-state index contributed by atoms with van der Waals surface area (Å²) in [6, 6.07) is 0. The van der Waals surface area contributed by atoms with E-state index in [1.54, 1.807) is 0 Å². The summed E-state index contributed by atoms with van der Waals surface area (Å²) in [4.78, 5) is 10.8. The number of esters is 1. The summed E-state index contributed by atoms with van der Waals surface area (Å²) < 4.78 is 107. The number of rotatable bonds is 6. The maximum absolute atomic E-state index is 13.3. The normalized spacial score (nSPS) is 14.7. The van der Waals surface area contributed by atoms with Gasteiger partial charge in [0.25, 0.3) is 0 Å². The highest BCUT2D eigenvalue weighted by molar-refractivity contribution is 5.87. The van der Waals surface area contributed by atoms with Gasteiger partial charge in [0.05, 0.1) is 0 Å². The van der Waals surface area contributed by atoms with E-state index < -0.39 is 48.1 Å². The molecule has 22 heavy (non-hydrogen) atoms. The topological polar surface area (TPSA) is 66.8 Å². The standard InChI is InChI=1S/C10H10F8O4/c1-4(2)5(19)22-10(20,21)9(17,18)8(15,16)7(13,14)6(3,11)12/h20-21H,1H2,2-3H3. The molecule has 2 N–H and O–H groups in total. The number of aliphatic hydroxyl groups is 2. The molecule has 0 saturated heterocycles. The van der Waals surface area contributed by atoms with Crippen molar-refractivity contribution >= 4 is 5.97 Å².